The molecule has 0 saturated heterocycles. The Morgan fingerprint density at radius 2 is 1.51 bits per heavy atom. The van der Waals surface area contributed by atoms with Crippen LogP contribution >= 0.6 is 0 Å². The van der Waals surface area contributed by atoms with Crippen LogP contribution in [-0.4, -0.2) is 27.4 Å². The Morgan fingerprint density at radius 1 is 0.865 bits per heavy atom. The minimum atomic E-state index is -0.375. The first-order valence-corrected chi connectivity index (χ1v) is 12.9. The number of hydrogen-bond donors (Lipinski definition) is 2. The molecule has 0 amide bonds. The molecule has 1 aliphatic carbocycles. The molecular formula is C33H38IrNO2-. The van der Waals surface area contributed by atoms with Crippen molar-refractivity contribution in [2.75, 3.05) is 0 Å². The van der Waals surface area contributed by atoms with Crippen molar-refractivity contribution in [3.05, 3.63) is 87.5 Å². The zero-order valence-electron chi connectivity index (χ0n) is 23.0. The molecule has 3 aromatic carbocycles. The number of aliphatic hydroxyl groups is 2. The van der Waals surface area contributed by atoms with Gasteiger partial charge >= 0.3 is 0 Å². The standard InChI is InChI=1S/C28H26N.C5H12O2.Ir/c1-16-12-19(4)27(20(5)13-16)23-7-6-8-26-24(23)15-21-9-10-22-18(3)11-17(2)14-25(22)28(21)29-26;1-4(6)3-5(2)7;/h6-8,11-13,15H,9-10H2,1-5H3;4-7H,3H2,1-2H3;/q-1;;. The van der Waals surface area contributed by atoms with Gasteiger partial charge in [-0.2, -0.15) is 0 Å². The van der Waals surface area contributed by atoms with E-state index >= 15 is 0 Å². The van der Waals surface area contributed by atoms with Gasteiger partial charge in [-0.15, -0.1) is 34.4 Å². The second-order valence-corrected chi connectivity index (χ2v) is 10.6. The number of benzene rings is 3. The summed E-state index contributed by atoms with van der Waals surface area (Å²) in [5, 5.41) is 18.4. The normalized spacial score (nSPS) is 13.5. The van der Waals surface area contributed by atoms with Crippen LogP contribution in [0.2, 0.25) is 0 Å². The van der Waals surface area contributed by atoms with Crippen molar-refractivity contribution in [1.29, 1.82) is 0 Å². The van der Waals surface area contributed by atoms with Gasteiger partial charge in [-0.25, -0.2) is 0 Å². The van der Waals surface area contributed by atoms with Crippen LogP contribution in [0.25, 0.3) is 33.3 Å². The maximum atomic E-state index is 8.56. The Labute approximate surface area is 235 Å². The topological polar surface area (TPSA) is 53.4 Å². The van der Waals surface area contributed by atoms with E-state index in [0.717, 1.165) is 24.1 Å². The molecule has 0 bridgehead atoms. The molecule has 0 fully saturated rings. The summed E-state index contributed by atoms with van der Waals surface area (Å²) in [4.78, 5) is 5.17. The fraction of sp³-hybridized carbons (Fsp3) is 0.364. The third-order valence-corrected chi connectivity index (χ3v) is 6.98. The molecule has 0 spiro atoms. The fourth-order valence-corrected chi connectivity index (χ4v) is 5.66. The van der Waals surface area contributed by atoms with E-state index in [0.29, 0.717) is 6.42 Å². The van der Waals surface area contributed by atoms with Gasteiger partial charge in [-0.3, -0.25) is 4.98 Å². The van der Waals surface area contributed by atoms with Crippen LogP contribution < -0.4 is 0 Å². The summed E-state index contributed by atoms with van der Waals surface area (Å²) in [6.07, 6.45) is 1.84. The number of aromatic nitrogens is 1. The van der Waals surface area contributed by atoms with Crippen molar-refractivity contribution in [1.82, 2.24) is 4.98 Å². The van der Waals surface area contributed by atoms with Gasteiger partial charge in [0, 0.05) is 25.5 Å². The van der Waals surface area contributed by atoms with Crippen LogP contribution in [0.4, 0.5) is 0 Å². The third-order valence-electron chi connectivity index (χ3n) is 6.98. The molecule has 197 valence electrons. The van der Waals surface area contributed by atoms with Crippen molar-refractivity contribution < 1.29 is 30.3 Å². The summed E-state index contributed by atoms with van der Waals surface area (Å²) in [5.74, 6) is 0. The second-order valence-electron chi connectivity index (χ2n) is 10.6. The molecule has 5 rings (SSSR count). The summed E-state index contributed by atoms with van der Waals surface area (Å²) >= 11 is 0. The molecule has 3 nitrogen and oxygen atoms in total. The Hall–Kier alpha value is -2.36. The number of aliphatic hydroxyl groups excluding tert-OH is 2. The molecule has 37 heavy (non-hydrogen) atoms. The van der Waals surface area contributed by atoms with E-state index in [1.807, 2.05) is 0 Å². The quantitative estimate of drug-likeness (QED) is 0.228. The molecule has 1 aromatic heterocycles. The van der Waals surface area contributed by atoms with E-state index in [4.69, 9.17) is 15.2 Å². The first-order valence-electron chi connectivity index (χ1n) is 12.9. The van der Waals surface area contributed by atoms with E-state index in [1.54, 1.807) is 13.8 Å². The van der Waals surface area contributed by atoms with Gasteiger partial charge in [-0.1, -0.05) is 61.7 Å². The zero-order valence-corrected chi connectivity index (χ0v) is 25.4. The van der Waals surface area contributed by atoms with Crippen molar-refractivity contribution in [3.8, 4) is 22.4 Å². The van der Waals surface area contributed by atoms with E-state index < -0.39 is 0 Å². The number of nitrogens with zero attached hydrogens (tertiary/aromatic N) is 1. The Balaban J connectivity index is 0.000000422. The molecule has 2 N–H and O–H groups in total. The average molecular weight is 673 g/mol. The van der Waals surface area contributed by atoms with Gasteiger partial charge < -0.3 is 10.2 Å². The molecule has 0 saturated carbocycles. The van der Waals surface area contributed by atoms with Crippen LogP contribution in [0, 0.1) is 40.7 Å². The average Bonchev–Trinajstić information content (AvgIpc) is 2.76. The van der Waals surface area contributed by atoms with E-state index in [9.17, 15) is 0 Å². The van der Waals surface area contributed by atoms with Gasteiger partial charge in [0.2, 0.25) is 0 Å². The minimum absolute atomic E-state index is 0. The summed E-state index contributed by atoms with van der Waals surface area (Å²) in [5.41, 5.74) is 15.3. The van der Waals surface area contributed by atoms with Gasteiger partial charge in [0.25, 0.3) is 0 Å². The number of aryl methyl sites for hydroxylation is 6. The summed E-state index contributed by atoms with van der Waals surface area (Å²) in [6, 6.07) is 19.3. The minimum Gasteiger partial charge on any atom is -0.393 e. The molecule has 1 heterocycles. The summed E-state index contributed by atoms with van der Waals surface area (Å²) in [6.45, 7) is 14.3. The zero-order chi connectivity index (χ0) is 26.1. The van der Waals surface area contributed by atoms with Gasteiger partial charge in [0.15, 0.2) is 0 Å². The largest absolute Gasteiger partial charge is 0.393 e. The molecule has 1 aliphatic rings. The maximum absolute atomic E-state index is 8.56. The second kappa shape index (κ2) is 12.0. The van der Waals surface area contributed by atoms with Crippen LogP contribution in [0.15, 0.2) is 42.5 Å². The molecule has 2 atom stereocenters. The SMILES string of the molecule is CC(O)CC(C)O.Cc1[c-]c2c(c(C)c1)CCc1cc3c(-c4c(C)cc(C)cc4C)cccc3nc1-2.[Ir]. The van der Waals surface area contributed by atoms with Gasteiger partial charge in [-0.05, 0) is 81.5 Å². The molecule has 4 aromatic rings. The fourth-order valence-electron chi connectivity index (χ4n) is 5.66. The first kappa shape index (κ1) is 29.2. The Kier molecular flexibility index (Phi) is 9.47. The Morgan fingerprint density at radius 3 is 2.11 bits per heavy atom. The predicted octanol–water partition coefficient (Wildman–Crippen LogP) is 7.15. The van der Waals surface area contributed by atoms with E-state index in [1.165, 1.54) is 61.0 Å². The van der Waals surface area contributed by atoms with Crippen LogP contribution in [0.1, 0.15) is 59.2 Å². The number of rotatable bonds is 3. The van der Waals surface area contributed by atoms with Crippen molar-refractivity contribution in [3.63, 3.8) is 0 Å². The number of pyridine rings is 1. The van der Waals surface area contributed by atoms with Gasteiger partial charge in [0.05, 0.1) is 17.7 Å². The van der Waals surface area contributed by atoms with E-state index in [-0.39, 0.29) is 32.3 Å². The third kappa shape index (κ3) is 6.38. The van der Waals surface area contributed by atoms with E-state index in [2.05, 4.69) is 83.1 Å². The van der Waals surface area contributed by atoms with Crippen LogP contribution in [-0.2, 0) is 32.9 Å². The van der Waals surface area contributed by atoms with Crippen molar-refractivity contribution >= 4 is 10.9 Å². The maximum Gasteiger partial charge on any atom is 0.0601 e. The van der Waals surface area contributed by atoms with Crippen molar-refractivity contribution in [2.24, 2.45) is 0 Å². The number of hydrogen-bond acceptors (Lipinski definition) is 3. The smallest absolute Gasteiger partial charge is 0.0601 e. The van der Waals surface area contributed by atoms with Crippen LogP contribution in [0.3, 0.4) is 0 Å². The monoisotopic (exact) mass is 673 g/mol. The molecule has 1 radical (unpaired) electrons. The summed E-state index contributed by atoms with van der Waals surface area (Å²) < 4.78 is 0. The molecule has 4 heteroatoms. The van der Waals surface area contributed by atoms with Crippen LogP contribution in [0.5, 0.6) is 0 Å². The summed E-state index contributed by atoms with van der Waals surface area (Å²) in [7, 11) is 0. The molecular weight excluding hydrogens is 635 g/mol. The Bertz CT molecular complexity index is 1390. The molecule has 0 aliphatic heterocycles. The number of fused-ring (bicyclic) bond motifs is 4. The first-order chi connectivity index (χ1) is 17.0. The van der Waals surface area contributed by atoms with Gasteiger partial charge in [0.1, 0.15) is 0 Å². The van der Waals surface area contributed by atoms with Crippen molar-refractivity contribution in [2.45, 2.75) is 79.9 Å². The molecule has 2 unspecified atom stereocenters. The predicted molar refractivity (Wildman–Crippen MR) is 151 cm³/mol.